The average Bonchev–Trinajstić information content (AvgIpc) is 2.52. The van der Waals surface area contributed by atoms with E-state index in [-0.39, 0.29) is 5.75 Å². The zero-order chi connectivity index (χ0) is 17.5. The summed E-state index contributed by atoms with van der Waals surface area (Å²) in [7, 11) is -0.666. The van der Waals surface area contributed by atoms with Gasteiger partial charge in [-0.25, -0.2) is 17.9 Å². The number of hydrogen-bond acceptors (Lipinski definition) is 5. The van der Waals surface area contributed by atoms with Crippen LogP contribution in [0.1, 0.15) is 38.5 Å². The molecule has 0 bridgehead atoms. The normalized spacial score (nSPS) is 17.7. The predicted octanol–water partition coefficient (Wildman–Crippen LogP) is 0.188. The molecule has 23 heavy (non-hydrogen) atoms. The Bertz CT molecular complexity index is 513. The molecule has 1 fully saturated rings. The van der Waals surface area contributed by atoms with Gasteiger partial charge in [0.1, 0.15) is 5.54 Å². The van der Waals surface area contributed by atoms with Gasteiger partial charge in [-0.15, -0.1) is 0 Å². The molecule has 1 aliphatic rings. The number of rotatable bonds is 9. The van der Waals surface area contributed by atoms with E-state index in [1.54, 1.807) is 0 Å². The summed E-state index contributed by atoms with van der Waals surface area (Å²) in [4.78, 5) is 25.1. The summed E-state index contributed by atoms with van der Waals surface area (Å²) in [6.07, 6.45) is 3.55. The van der Waals surface area contributed by atoms with E-state index in [1.807, 2.05) is 0 Å². The highest BCUT2D eigenvalue weighted by Crippen LogP contribution is 2.33. The van der Waals surface area contributed by atoms with E-state index in [1.165, 1.54) is 19.1 Å². The molecule has 0 spiro atoms. The van der Waals surface area contributed by atoms with E-state index in [0.29, 0.717) is 25.9 Å². The van der Waals surface area contributed by atoms with Crippen LogP contribution in [-0.4, -0.2) is 68.9 Å². The Morgan fingerprint density at radius 2 is 1.87 bits per heavy atom. The minimum absolute atomic E-state index is 0.137. The highest BCUT2D eigenvalue weighted by atomic mass is 32.2. The Morgan fingerprint density at radius 1 is 1.26 bits per heavy atom. The molecule has 134 valence electrons. The van der Waals surface area contributed by atoms with Crippen LogP contribution < -0.4 is 4.72 Å². The van der Waals surface area contributed by atoms with Crippen LogP contribution in [0.25, 0.3) is 0 Å². The van der Waals surface area contributed by atoms with Gasteiger partial charge in [-0.1, -0.05) is 19.3 Å². The molecular formula is C14H26N2O6S. The van der Waals surface area contributed by atoms with Crippen LogP contribution in [0.4, 0.5) is 0 Å². The quantitative estimate of drug-likeness (QED) is 0.574. The number of nitrogens with zero attached hydrogens (tertiary/aromatic N) is 1. The van der Waals surface area contributed by atoms with Crippen molar-refractivity contribution in [2.75, 3.05) is 33.1 Å². The third-order valence-electron chi connectivity index (χ3n) is 4.30. The SMILES string of the molecule is COCCCS(=O)(=O)NCC(=O)N(C)C1(C(=O)O)CCCCC1. The van der Waals surface area contributed by atoms with Gasteiger partial charge in [0.05, 0.1) is 12.3 Å². The fraction of sp³-hybridized carbons (Fsp3) is 0.857. The molecule has 0 atom stereocenters. The van der Waals surface area contributed by atoms with E-state index in [4.69, 9.17) is 4.74 Å². The van der Waals surface area contributed by atoms with Gasteiger partial charge in [0.2, 0.25) is 15.9 Å². The lowest BCUT2D eigenvalue weighted by Gasteiger charge is -2.41. The molecule has 1 aliphatic carbocycles. The molecule has 9 heteroatoms. The van der Waals surface area contributed by atoms with Crippen LogP contribution in [0.3, 0.4) is 0 Å². The Labute approximate surface area is 137 Å². The molecule has 0 aliphatic heterocycles. The summed E-state index contributed by atoms with van der Waals surface area (Å²) >= 11 is 0. The molecule has 0 saturated heterocycles. The van der Waals surface area contributed by atoms with Crippen LogP contribution in [0.2, 0.25) is 0 Å². The number of likely N-dealkylation sites (N-methyl/N-ethyl adjacent to an activating group) is 1. The van der Waals surface area contributed by atoms with E-state index < -0.39 is 34.0 Å². The van der Waals surface area contributed by atoms with Crippen molar-refractivity contribution >= 4 is 21.9 Å². The number of nitrogens with one attached hydrogen (secondary N) is 1. The van der Waals surface area contributed by atoms with Crippen LogP contribution in [0.5, 0.6) is 0 Å². The summed E-state index contributed by atoms with van der Waals surface area (Å²) in [5.74, 6) is -1.71. The van der Waals surface area contributed by atoms with Crippen molar-refractivity contribution in [3.05, 3.63) is 0 Å². The van der Waals surface area contributed by atoms with Crippen molar-refractivity contribution in [3.8, 4) is 0 Å². The standard InChI is InChI=1S/C14H26N2O6S/c1-16(14(13(18)19)7-4-3-5-8-14)12(17)11-15-23(20,21)10-6-9-22-2/h15H,3-11H2,1-2H3,(H,18,19). The van der Waals surface area contributed by atoms with Gasteiger partial charge in [-0.05, 0) is 19.3 Å². The fourth-order valence-corrected chi connectivity index (χ4v) is 3.81. The summed E-state index contributed by atoms with van der Waals surface area (Å²) in [5, 5.41) is 9.53. The van der Waals surface area contributed by atoms with Crippen molar-refractivity contribution in [1.29, 1.82) is 0 Å². The minimum Gasteiger partial charge on any atom is -0.479 e. The maximum absolute atomic E-state index is 12.2. The number of carbonyl (C=O) groups excluding carboxylic acids is 1. The minimum atomic E-state index is -3.58. The van der Waals surface area contributed by atoms with Crippen LogP contribution in [-0.2, 0) is 24.3 Å². The van der Waals surface area contributed by atoms with Crippen LogP contribution in [0.15, 0.2) is 0 Å². The molecule has 8 nitrogen and oxygen atoms in total. The Balaban J connectivity index is 2.63. The largest absolute Gasteiger partial charge is 0.479 e. The molecular weight excluding hydrogens is 324 g/mol. The number of ether oxygens (including phenoxy) is 1. The van der Waals surface area contributed by atoms with E-state index in [0.717, 1.165) is 19.3 Å². The first-order chi connectivity index (χ1) is 10.7. The van der Waals surface area contributed by atoms with Crippen LogP contribution >= 0.6 is 0 Å². The summed E-state index contributed by atoms with van der Waals surface area (Å²) in [5.41, 5.74) is -1.23. The molecule has 0 radical (unpaired) electrons. The van der Waals surface area contributed by atoms with Gasteiger partial charge in [-0.3, -0.25) is 4.79 Å². The molecule has 0 heterocycles. The maximum Gasteiger partial charge on any atom is 0.329 e. The van der Waals surface area contributed by atoms with Gasteiger partial charge in [0.15, 0.2) is 0 Å². The lowest BCUT2D eigenvalue weighted by molar-refractivity contribution is -0.159. The maximum atomic E-state index is 12.2. The highest BCUT2D eigenvalue weighted by molar-refractivity contribution is 7.89. The predicted molar refractivity (Wildman–Crippen MR) is 84.5 cm³/mol. The Morgan fingerprint density at radius 3 is 2.39 bits per heavy atom. The number of amides is 1. The topological polar surface area (TPSA) is 113 Å². The monoisotopic (exact) mass is 350 g/mol. The van der Waals surface area contributed by atoms with Crippen molar-refractivity contribution in [2.45, 2.75) is 44.1 Å². The number of carbonyl (C=O) groups is 2. The van der Waals surface area contributed by atoms with Crippen molar-refractivity contribution in [1.82, 2.24) is 9.62 Å². The molecule has 2 N–H and O–H groups in total. The first kappa shape index (κ1) is 19.9. The van der Waals surface area contributed by atoms with Gasteiger partial charge in [0.25, 0.3) is 0 Å². The van der Waals surface area contributed by atoms with Crippen molar-refractivity contribution in [3.63, 3.8) is 0 Å². The van der Waals surface area contributed by atoms with Gasteiger partial charge in [-0.2, -0.15) is 0 Å². The zero-order valence-corrected chi connectivity index (χ0v) is 14.5. The summed E-state index contributed by atoms with van der Waals surface area (Å²) in [6.45, 7) is -0.113. The average molecular weight is 350 g/mol. The van der Waals surface area contributed by atoms with E-state index in [2.05, 4.69) is 4.72 Å². The summed E-state index contributed by atoms with van der Waals surface area (Å²) < 4.78 is 30.6. The van der Waals surface area contributed by atoms with Gasteiger partial charge < -0.3 is 14.7 Å². The lowest BCUT2D eigenvalue weighted by atomic mass is 9.80. The lowest BCUT2D eigenvalue weighted by Crippen LogP contribution is -2.58. The van der Waals surface area contributed by atoms with Crippen LogP contribution in [0, 0.1) is 0 Å². The molecule has 1 rings (SSSR count). The van der Waals surface area contributed by atoms with Gasteiger partial charge >= 0.3 is 5.97 Å². The second-order valence-corrected chi connectivity index (χ2v) is 7.76. The first-order valence-electron chi connectivity index (χ1n) is 7.71. The molecule has 0 aromatic heterocycles. The van der Waals surface area contributed by atoms with Crippen molar-refractivity contribution in [2.24, 2.45) is 0 Å². The first-order valence-corrected chi connectivity index (χ1v) is 9.37. The second-order valence-electron chi connectivity index (χ2n) is 5.84. The number of methoxy groups -OCH3 is 1. The zero-order valence-electron chi connectivity index (χ0n) is 13.7. The van der Waals surface area contributed by atoms with E-state index in [9.17, 15) is 23.1 Å². The third-order valence-corrected chi connectivity index (χ3v) is 5.71. The van der Waals surface area contributed by atoms with E-state index >= 15 is 0 Å². The molecule has 0 aromatic rings. The highest BCUT2D eigenvalue weighted by Gasteiger charge is 2.45. The Kier molecular flexibility index (Phi) is 7.43. The third kappa shape index (κ3) is 5.43. The van der Waals surface area contributed by atoms with Crippen molar-refractivity contribution < 1.29 is 27.9 Å². The fourth-order valence-electron chi connectivity index (χ4n) is 2.82. The number of hydrogen-bond donors (Lipinski definition) is 2. The summed E-state index contributed by atoms with van der Waals surface area (Å²) in [6, 6.07) is 0. The Hall–Kier alpha value is -1.19. The molecule has 0 aromatic carbocycles. The molecule has 0 unspecified atom stereocenters. The second kappa shape index (κ2) is 8.60. The smallest absolute Gasteiger partial charge is 0.329 e. The molecule has 1 saturated carbocycles. The number of aliphatic carboxylic acids is 1. The number of sulfonamides is 1. The number of carboxylic acid groups (broad SMARTS) is 1. The molecule has 1 amide bonds. The van der Waals surface area contributed by atoms with Gasteiger partial charge in [0, 0.05) is 20.8 Å². The number of carboxylic acids is 1.